The molecule has 2 nitrogen and oxygen atoms in total. The molecule has 120 valence electrons. The van der Waals surface area contributed by atoms with Crippen molar-refractivity contribution in [2.45, 2.75) is 65.5 Å². The lowest BCUT2D eigenvalue weighted by molar-refractivity contribution is 0.315. The number of nitrogens with one attached hydrogen (secondary N) is 1. The van der Waals surface area contributed by atoms with Crippen molar-refractivity contribution in [1.29, 1.82) is 0 Å². The van der Waals surface area contributed by atoms with Gasteiger partial charge >= 0.3 is 0 Å². The lowest BCUT2D eigenvalue weighted by Crippen LogP contribution is -2.36. The molecule has 1 N–H and O–H groups in total. The second-order valence-electron chi connectivity index (χ2n) is 7.26. The highest BCUT2D eigenvalue weighted by atomic mass is 15.1. The fraction of sp³-hybridized carbons (Fsp3) is 0.684. The van der Waals surface area contributed by atoms with Crippen molar-refractivity contribution in [3.63, 3.8) is 0 Å². The van der Waals surface area contributed by atoms with E-state index in [4.69, 9.17) is 0 Å². The van der Waals surface area contributed by atoms with Crippen molar-refractivity contribution in [3.8, 4) is 0 Å². The second-order valence-corrected chi connectivity index (χ2v) is 7.26. The van der Waals surface area contributed by atoms with E-state index in [0.29, 0.717) is 0 Å². The van der Waals surface area contributed by atoms with Gasteiger partial charge in [-0.15, -0.1) is 0 Å². The van der Waals surface area contributed by atoms with Crippen LogP contribution in [-0.4, -0.2) is 30.6 Å². The summed E-state index contributed by atoms with van der Waals surface area (Å²) in [5.74, 6) is 0. The van der Waals surface area contributed by atoms with Crippen molar-refractivity contribution < 1.29 is 0 Å². The Balaban J connectivity index is 2.06. The number of unbranched alkanes of at least 4 members (excludes halogenated alkanes) is 3. The first-order valence-electron chi connectivity index (χ1n) is 8.36. The summed E-state index contributed by atoms with van der Waals surface area (Å²) in [6, 6.07) is 8.69. The Labute approximate surface area is 131 Å². The molecule has 0 aliphatic carbocycles. The first-order valence-corrected chi connectivity index (χ1v) is 8.36. The molecule has 0 saturated heterocycles. The summed E-state index contributed by atoms with van der Waals surface area (Å²) in [6.45, 7) is 12.3. The summed E-state index contributed by atoms with van der Waals surface area (Å²) in [7, 11) is 2.23. The average molecular weight is 290 g/mol. The predicted molar refractivity (Wildman–Crippen MR) is 93.7 cm³/mol. The molecule has 0 heterocycles. The van der Waals surface area contributed by atoms with E-state index in [1.54, 1.807) is 0 Å². The van der Waals surface area contributed by atoms with E-state index >= 15 is 0 Å². The van der Waals surface area contributed by atoms with Crippen LogP contribution in [0.5, 0.6) is 0 Å². The molecule has 0 aromatic heterocycles. The molecule has 0 atom stereocenters. The van der Waals surface area contributed by atoms with Crippen LogP contribution >= 0.6 is 0 Å². The van der Waals surface area contributed by atoms with Gasteiger partial charge in [-0.3, -0.25) is 0 Å². The van der Waals surface area contributed by atoms with Crippen molar-refractivity contribution in [2.75, 3.05) is 20.1 Å². The molecular weight excluding hydrogens is 256 g/mol. The van der Waals surface area contributed by atoms with Crippen LogP contribution in [0, 0.1) is 6.92 Å². The van der Waals surface area contributed by atoms with Crippen LogP contribution in [0.1, 0.15) is 57.6 Å². The normalized spacial score (nSPS) is 12.1. The monoisotopic (exact) mass is 290 g/mol. The number of benzene rings is 1. The second kappa shape index (κ2) is 9.22. The van der Waals surface area contributed by atoms with Crippen molar-refractivity contribution in [2.24, 2.45) is 0 Å². The molecule has 2 heteroatoms. The molecule has 0 amide bonds. The Bertz CT molecular complexity index is 393. The van der Waals surface area contributed by atoms with E-state index in [0.717, 1.165) is 13.1 Å². The maximum Gasteiger partial charge on any atom is 0.0233 e. The van der Waals surface area contributed by atoms with Gasteiger partial charge in [-0.1, -0.05) is 37.1 Å². The lowest BCUT2D eigenvalue weighted by Gasteiger charge is -2.20. The first kappa shape index (κ1) is 18.2. The van der Waals surface area contributed by atoms with E-state index in [-0.39, 0.29) is 5.54 Å². The third-order valence-electron chi connectivity index (χ3n) is 3.82. The summed E-state index contributed by atoms with van der Waals surface area (Å²) in [5.41, 5.74) is 3.11. The van der Waals surface area contributed by atoms with Gasteiger partial charge in [0, 0.05) is 12.1 Å². The summed E-state index contributed by atoms with van der Waals surface area (Å²) in [4.78, 5) is 2.44. The highest BCUT2D eigenvalue weighted by Gasteiger charge is 2.07. The van der Waals surface area contributed by atoms with Crippen LogP contribution in [0.25, 0.3) is 0 Å². The standard InChI is InChI=1S/C19H34N2/c1-17-12-8-9-13-18(17)16-21(5)15-11-7-6-10-14-20-19(2,3)4/h8-9,12-13,20H,6-7,10-11,14-16H2,1-5H3. The maximum atomic E-state index is 3.55. The van der Waals surface area contributed by atoms with Crippen molar-refractivity contribution in [3.05, 3.63) is 35.4 Å². The van der Waals surface area contributed by atoms with Gasteiger partial charge < -0.3 is 10.2 Å². The Kier molecular flexibility index (Phi) is 7.98. The molecule has 0 unspecified atom stereocenters. The Morgan fingerprint density at radius 2 is 1.67 bits per heavy atom. The molecule has 0 radical (unpaired) electrons. The fourth-order valence-corrected chi connectivity index (χ4v) is 2.48. The zero-order valence-corrected chi connectivity index (χ0v) is 14.7. The van der Waals surface area contributed by atoms with Gasteiger partial charge in [-0.25, -0.2) is 0 Å². The summed E-state index contributed by atoms with van der Waals surface area (Å²) in [6.07, 6.45) is 5.27. The predicted octanol–water partition coefficient (Wildman–Crippen LogP) is 4.38. The maximum absolute atomic E-state index is 3.55. The molecule has 0 fully saturated rings. The smallest absolute Gasteiger partial charge is 0.0233 e. The van der Waals surface area contributed by atoms with Gasteiger partial charge in [-0.2, -0.15) is 0 Å². The van der Waals surface area contributed by atoms with E-state index in [2.05, 4.69) is 69.2 Å². The zero-order chi connectivity index (χ0) is 15.7. The number of hydrogen-bond donors (Lipinski definition) is 1. The Morgan fingerprint density at radius 3 is 2.33 bits per heavy atom. The SMILES string of the molecule is Cc1ccccc1CN(C)CCCCCCNC(C)(C)C. The van der Waals surface area contributed by atoms with Crippen LogP contribution in [0.2, 0.25) is 0 Å². The lowest BCUT2D eigenvalue weighted by atomic mass is 10.1. The quantitative estimate of drug-likeness (QED) is 0.679. The number of nitrogens with zero attached hydrogens (tertiary/aromatic N) is 1. The molecule has 21 heavy (non-hydrogen) atoms. The van der Waals surface area contributed by atoms with Crippen molar-refractivity contribution in [1.82, 2.24) is 10.2 Å². The Morgan fingerprint density at radius 1 is 1.00 bits per heavy atom. The van der Waals surface area contributed by atoms with Gasteiger partial charge in [0.05, 0.1) is 0 Å². The largest absolute Gasteiger partial charge is 0.312 e. The van der Waals surface area contributed by atoms with E-state index in [1.807, 2.05) is 0 Å². The number of hydrogen-bond acceptors (Lipinski definition) is 2. The van der Waals surface area contributed by atoms with Crippen LogP contribution in [-0.2, 0) is 6.54 Å². The molecule has 1 aromatic rings. The van der Waals surface area contributed by atoms with Crippen LogP contribution < -0.4 is 5.32 Å². The number of aryl methyl sites for hydroxylation is 1. The third kappa shape index (κ3) is 8.90. The van der Waals surface area contributed by atoms with Crippen LogP contribution in [0.4, 0.5) is 0 Å². The topological polar surface area (TPSA) is 15.3 Å². The summed E-state index contributed by atoms with van der Waals surface area (Å²) in [5, 5.41) is 3.55. The molecule has 1 aromatic carbocycles. The minimum Gasteiger partial charge on any atom is -0.312 e. The van der Waals surface area contributed by atoms with Gasteiger partial charge in [-0.05, 0) is 71.8 Å². The summed E-state index contributed by atoms with van der Waals surface area (Å²) >= 11 is 0. The molecule has 1 rings (SSSR count). The molecular formula is C19H34N2. The van der Waals surface area contributed by atoms with Crippen LogP contribution in [0.3, 0.4) is 0 Å². The minimum atomic E-state index is 0.258. The molecule has 0 aliphatic rings. The van der Waals surface area contributed by atoms with E-state index in [1.165, 1.54) is 43.4 Å². The van der Waals surface area contributed by atoms with Gasteiger partial charge in [0.2, 0.25) is 0 Å². The van der Waals surface area contributed by atoms with Crippen LogP contribution in [0.15, 0.2) is 24.3 Å². The van der Waals surface area contributed by atoms with E-state index in [9.17, 15) is 0 Å². The van der Waals surface area contributed by atoms with E-state index < -0.39 is 0 Å². The summed E-state index contributed by atoms with van der Waals surface area (Å²) < 4.78 is 0. The van der Waals surface area contributed by atoms with Gasteiger partial charge in [0.25, 0.3) is 0 Å². The fourth-order valence-electron chi connectivity index (χ4n) is 2.48. The zero-order valence-electron chi connectivity index (χ0n) is 14.7. The molecule has 0 spiro atoms. The van der Waals surface area contributed by atoms with Gasteiger partial charge in [0.15, 0.2) is 0 Å². The average Bonchev–Trinajstić information content (AvgIpc) is 2.39. The van der Waals surface area contributed by atoms with Crippen molar-refractivity contribution >= 4 is 0 Å². The molecule has 0 saturated carbocycles. The highest BCUT2D eigenvalue weighted by molar-refractivity contribution is 5.25. The third-order valence-corrected chi connectivity index (χ3v) is 3.82. The Hall–Kier alpha value is -0.860. The highest BCUT2D eigenvalue weighted by Crippen LogP contribution is 2.10. The van der Waals surface area contributed by atoms with Gasteiger partial charge in [0.1, 0.15) is 0 Å². The minimum absolute atomic E-state index is 0.258. The number of rotatable bonds is 9. The molecule has 0 bridgehead atoms. The molecule has 0 aliphatic heterocycles. The first-order chi connectivity index (χ1) is 9.88.